The monoisotopic (exact) mass is 326 g/mol. The number of benzene rings is 2. The Morgan fingerprint density at radius 2 is 1.71 bits per heavy atom. The molecule has 2 aromatic rings. The Hall–Kier alpha value is -3.02. The molecule has 3 rings (SSSR count). The highest BCUT2D eigenvalue weighted by molar-refractivity contribution is 6.23. The molecule has 1 fully saturated rings. The molecule has 24 heavy (non-hydrogen) atoms. The van der Waals surface area contributed by atoms with Crippen LogP contribution in [0.4, 0.5) is 11.4 Å². The molecule has 0 aliphatic carbocycles. The number of carbonyl (C=O) groups excluding carboxylic acids is 2. The lowest BCUT2D eigenvalue weighted by Gasteiger charge is -2.17. The first kappa shape index (κ1) is 15.9. The van der Waals surface area contributed by atoms with Crippen molar-refractivity contribution in [3.63, 3.8) is 0 Å². The number of hydrogen-bond acceptors (Lipinski definition) is 5. The van der Waals surface area contributed by atoms with Crippen molar-refractivity contribution in [1.29, 1.82) is 0 Å². The van der Waals surface area contributed by atoms with Gasteiger partial charge in [-0.15, -0.1) is 0 Å². The van der Waals surface area contributed by atoms with Gasteiger partial charge < -0.3 is 14.8 Å². The maximum absolute atomic E-state index is 12.6. The highest BCUT2D eigenvalue weighted by Gasteiger charge is 2.39. The minimum absolute atomic E-state index is 0.113. The molecule has 6 nitrogen and oxygen atoms in total. The van der Waals surface area contributed by atoms with Gasteiger partial charge in [0.2, 0.25) is 5.91 Å². The number of nitrogens with zero attached hydrogens (tertiary/aromatic N) is 1. The summed E-state index contributed by atoms with van der Waals surface area (Å²) < 4.78 is 10.4. The third-order valence-electron chi connectivity index (χ3n) is 3.89. The number of hydrogen-bond donors (Lipinski definition) is 1. The van der Waals surface area contributed by atoms with Crippen LogP contribution in [-0.4, -0.2) is 32.1 Å². The van der Waals surface area contributed by atoms with Crippen molar-refractivity contribution in [2.45, 2.75) is 12.5 Å². The molecule has 124 valence electrons. The third-order valence-corrected chi connectivity index (χ3v) is 3.89. The molecule has 0 bridgehead atoms. The molecule has 0 aromatic heterocycles. The Morgan fingerprint density at radius 1 is 1.00 bits per heavy atom. The normalized spacial score (nSPS) is 17.1. The van der Waals surface area contributed by atoms with Crippen LogP contribution in [0.2, 0.25) is 0 Å². The molecule has 1 aliphatic rings. The first-order chi connectivity index (χ1) is 11.6. The number of anilines is 2. The fraction of sp³-hybridized carbons (Fsp3) is 0.222. The largest absolute Gasteiger partial charge is 0.493 e. The molecule has 1 atom stereocenters. The Kier molecular flexibility index (Phi) is 4.37. The Bertz CT molecular complexity index is 761. The molecule has 1 aliphatic heterocycles. The smallest absolute Gasteiger partial charge is 0.256 e. The van der Waals surface area contributed by atoms with Gasteiger partial charge in [-0.2, -0.15) is 0 Å². The molecule has 0 saturated carbocycles. The van der Waals surface area contributed by atoms with E-state index in [1.54, 1.807) is 18.2 Å². The Labute approximate surface area is 140 Å². The van der Waals surface area contributed by atoms with Gasteiger partial charge >= 0.3 is 0 Å². The van der Waals surface area contributed by atoms with Gasteiger partial charge in [-0.3, -0.25) is 9.59 Å². The van der Waals surface area contributed by atoms with Crippen molar-refractivity contribution in [3.05, 3.63) is 48.5 Å². The number of rotatable bonds is 5. The predicted molar refractivity (Wildman–Crippen MR) is 90.5 cm³/mol. The lowest BCUT2D eigenvalue weighted by atomic mass is 10.2. The molecule has 0 unspecified atom stereocenters. The highest BCUT2D eigenvalue weighted by atomic mass is 16.5. The summed E-state index contributed by atoms with van der Waals surface area (Å²) in [6.45, 7) is 0. The average Bonchev–Trinajstić information content (AvgIpc) is 2.89. The minimum atomic E-state index is -0.576. The molecular formula is C18H18N2O4. The van der Waals surface area contributed by atoms with Gasteiger partial charge in [0.05, 0.1) is 26.3 Å². The van der Waals surface area contributed by atoms with E-state index in [-0.39, 0.29) is 18.2 Å². The summed E-state index contributed by atoms with van der Waals surface area (Å²) in [5.41, 5.74) is 1.28. The quantitative estimate of drug-likeness (QED) is 0.855. The van der Waals surface area contributed by atoms with Crippen LogP contribution in [0.5, 0.6) is 11.5 Å². The molecule has 1 heterocycles. The van der Waals surface area contributed by atoms with E-state index in [9.17, 15) is 9.59 Å². The van der Waals surface area contributed by atoms with Crippen LogP contribution >= 0.6 is 0 Å². The van der Waals surface area contributed by atoms with Gasteiger partial charge in [-0.05, 0) is 24.3 Å². The van der Waals surface area contributed by atoms with E-state index < -0.39 is 6.04 Å². The second kappa shape index (κ2) is 6.62. The van der Waals surface area contributed by atoms with Crippen molar-refractivity contribution in [2.75, 3.05) is 24.4 Å². The molecule has 1 saturated heterocycles. The van der Waals surface area contributed by atoms with E-state index >= 15 is 0 Å². The van der Waals surface area contributed by atoms with E-state index in [2.05, 4.69) is 5.32 Å². The van der Waals surface area contributed by atoms with Crippen molar-refractivity contribution < 1.29 is 19.1 Å². The van der Waals surface area contributed by atoms with Crippen LogP contribution in [-0.2, 0) is 9.59 Å². The standard InChI is InChI=1S/C18H18N2O4/c1-23-15-9-8-13(10-16(15)24-2)20-17(21)11-14(18(20)22)19-12-6-4-3-5-7-12/h3-10,14,19H,11H2,1-2H3/t14-/m0/s1. The predicted octanol–water partition coefficient (Wildman–Crippen LogP) is 2.45. The number of carbonyl (C=O) groups is 2. The SMILES string of the molecule is COc1ccc(N2C(=O)C[C@H](Nc3ccccc3)C2=O)cc1OC. The van der Waals surface area contributed by atoms with Crippen LogP contribution in [0.3, 0.4) is 0 Å². The summed E-state index contributed by atoms with van der Waals surface area (Å²) >= 11 is 0. The van der Waals surface area contributed by atoms with E-state index in [1.807, 2.05) is 30.3 Å². The summed E-state index contributed by atoms with van der Waals surface area (Å²) in [4.78, 5) is 26.2. The maximum atomic E-state index is 12.6. The van der Waals surface area contributed by atoms with Gasteiger partial charge in [0, 0.05) is 11.8 Å². The number of imide groups is 1. The fourth-order valence-electron chi connectivity index (χ4n) is 2.72. The van der Waals surface area contributed by atoms with Crippen molar-refractivity contribution in [3.8, 4) is 11.5 Å². The number of amides is 2. The summed E-state index contributed by atoms with van der Waals surface area (Å²) in [6.07, 6.45) is 0.113. The third kappa shape index (κ3) is 2.90. The molecule has 1 N–H and O–H groups in total. The van der Waals surface area contributed by atoms with Gasteiger partial charge in [0.1, 0.15) is 6.04 Å². The zero-order chi connectivity index (χ0) is 17.1. The van der Waals surface area contributed by atoms with E-state index in [0.29, 0.717) is 17.2 Å². The second-order valence-electron chi connectivity index (χ2n) is 5.37. The summed E-state index contributed by atoms with van der Waals surface area (Å²) in [5.74, 6) is 0.478. The van der Waals surface area contributed by atoms with Gasteiger partial charge in [0.15, 0.2) is 11.5 Å². The molecule has 0 spiro atoms. The van der Waals surface area contributed by atoms with Crippen LogP contribution in [0.1, 0.15) is 6.42 Å². The maximum Gasteiger partial charge on any atom is 0.256 e. The van der Waals surface area contributed by atoms with Gasteiger partial charge in [0.25, 0.3) is 5.91 Å². The topological polar surface area (TPSA) is 67.9 Å². The van der Waals surface area contributed by atoms with Crippen LogP contribution < -0.4 is 19.7 Å². The Balaban J connectivity index is 1.84. The molecule has 2 aromatic carbocycles. The summed E-state index contributed by atoms with van der Waals surface area (Å²) in [6, 6.07) is 13.7. The second-order valence-corrected chi connectivity index (χ2v) is 5.37. The van der Waals surface area contributed by atoms with E-state index in [4.69, 9.17) is 9.47 Å². The van der Waals surface area contributed by atoms with E-state index in [0.717, 1.165) is 5.69 Å². The fourth-order valence-corrected chi connectivity index (χ4v) is 2.72. The number of ether oxygens (including phenoxy) is 2. The minimum Gasteiger partial charge on any atom is -0.493 e. The number of methoxy groups -OCH3 is 2. The lowest BCUT2D eigenvalue weighted by Crippen LogP contribution is -2.34. The summed E-state index contributed by atoms with van der Waals surface area (Å²) in [5, 5.41) is 3.10. The first-order valence-corrected chi connectivity index (χ1v) is 7.54. The van der Waals surface area contributed by atoms with Crippen LogP contribution in [0.25, 0.3) is 0 Å². The number of nitrogens with one attached hydrogen (secondary N) is 1. The molecule has 6 heteroatoms. The van der Waals surface area contributed by atoms with Crippen molar-refractivity contribution in [2.24, 2.45) is 0 Å². The zero-order valence-corrected chi connectivity index (χ0v) is 13.5. The van der Waals surface area contributed by atoms with Crippen LogP contribution in [0, 0.1) is 0 Å². The van der Waals surface area contributed by atoms with Crippen molar-refractivity contribution >= 4 is 23.2 Å². The van der Waals surface area contributed by atoms with Gasteiger partial charge in [-0.1, -0.05) is 18.2 Å². The van der Waals surface area contributed by atoms with Gasteiger partial charge in [-0.25, -0.2) is 4.90 Å². The molecular weight excluding hydrogens is 308 g/mol. The summed E-state index contributed by atoms with van der Waals surface area (Å²) in [7, 11) is 3.04. The number of para-hydroxylation sites is 1. The first-order valence-electron chi connectivity index (χ1n) is 7.54. The Morgan fingerprint density at radius 3 is 2.38 bits per heavy atom. The molecule has 0 radical (unpaired) electrons. The van der Waals surface area contributed by atoms with Crippen LogP contribution in [0.15, 0.2) is 48.5 Å². The molecule has 2 amide bonds. The lowest BCUT2D eigenvalue weighted by molar-refractivity contribution is -0.121. The van der Waals surface area contributed by atoms with Crippen molar-refractivity contribution in [1.82, 2.24) is 0 Å². The average molecular weight is 326 g/mol. The van der Waals surface area contributed by atoms with E-state index in [1.165, 1.54) is 19.1 Å². The highest BCUT2D eigenvalue weighted by Crippen LogP contribution is 2.33. The zero-order valence-electron chi connectivity index (χ0n) is 13.5.